The fraction of sp³-hybridized carbons (Fsp3) is 0.417. The van der Waals surface area contributed by atoms with Gasteiger partial charge in [0.2, 0.25) is 0 Å². The molecule has 1 atom stereocenters. The third kappa shape index (κ3) is 2.32. The van der Waals surface area contributed by atoms with Crippen molar-refractivity contribution >= 4 is 5.97 Å². The van der Waals surface area contributed by atoms with Gasteiger partial charge in [0.1, 0.15) is 0 Å². The summed E-state index contributed by atoms with van der Waals surface area (Å²) in [4.78, 5) is 11.0. The van der Waals surface area contributed by atoms with Gasteiger partial charge in [0, 0.05) is 6.07 Å². The average molecular weight is 258 g/mol. The van der Waals surface area contributed by atoms with Crippen molar-refractivity contribution in [3.05, 3.63) is 17.4 Å². The third-order valence-corrected chi connectivity index (χ3v) is 2.63. The molecule has 1 unspecified atom stereocenters. The Morgan fingerprint density at radius 3 is 2.17 bits per heavy atom. The summed E-state index contributed by atoms with van der Waals surface area (Å²) in [7, 11) is 3.99. The highest BCUT2D eigenvalue weighted by Gasteiger charge is 2.28. The highest BCUT2D eigenvalue weighted by atomic mass is 19.1. The van der Waals surface area contributed by atoms with Gasteiger partial charge in [-0.15, -0.1) is 0 Å². The minimum atomic E-state index is -1.16. The van der Waals surface area contributed by atoms with Gasteiger partial charge in [-0.3, -0.25) is 4.79 Å². The van der Waals surface area contributed by atoms with Gasteiger partial charge >= 0.3 is 5.97 Å². The second kappa shape index (κ2) is 5.57. The molecule has 1 aromatic rings. The maximum absolute atomic E-state index is 14.1. The Morgan fingerprint density at radius 1 is 1.22 bits per heavy atom. The SMILES string of the molecule is COc1cc(OC)c(OC)c(C(C)C(=O)O)c1F. The fourth-order valence-corrected chi connectivity index (χ4v) is 1.63. The van der Waals surface area contributed by atoms with Crippen LogP contribution in [0.1, 0.15) is 18.4 Å². The zero-order chi connectivity index (χ0) is 13.9. The quantitative estimate of drug-likeness (QED) is 0.875. The number of carboxylic acids is 1. The highest BCUT2D eigenvalue weighted by Crippen LogP contribution is 2.42. The number of aliphatic carboxylic acids is 1. The van der Waals surface area contributed by atoms with Crippen LogP contribution in [0.3, 0.4) is 0 Å². The number of hydrogen-bond acceptors (Lipinski definition) is 4. The van der Waals surface area contributed by atoms with Gasteiger partial charge < -0.3 is 19.3 Å². The van der Waals surface area contributed by atoms with Gasteiger partial charge in [-0.2, -0.15) is 0 Å². The second-order valence-electron chi connectivity index (χ2n) is 3.60. The average Bonchev–Trinajstić information content (AvgIpc) is 2.36. The molecule has 5 nitrogen and oxygen atoms in total. The smallest absolute Gasteiger partial charge is 0.310 e. The molecule has 1 rings (SSSR count). The second-order valence-corrected chi connectivity index (χ2v) is 3.60. The van der Waals surface area contributed by atoms with E-state index < -0.39 is 17.7 Å². The number of benzene rings is 1. The van der Waals surface area contributed by atoms with E-state index in [2.05, 4.69) is 0 Å². The Kier molecular flexibility index (Phi) is 4.36. The van der Waals surface area contributed by atoms with Crippen LogP contribution in [0.4, 0.5) is 4.39 Å². The maximum atomic E-state index is 14.1. The number of carbonyl (C=O) groups is 1. The molecule has 0 heterocycles. The van der Waals surface area contributed by atoms with Gasteiger partial charge in [0.05, 0.1) is 32.8 Å². The molecule has 0 radical (unpaired) electrons. The lowest BCUT2D eigenvalue weighted by Crippen LogP contribution is -2.12. The predicted octanol–water partition coefficient (Wildman–Crippen LogP) is 2.04. The Bertz CT molecular complexity index is 458. The largest absolute Gasteiger partial charge is 0.494 e. The van der Waals surface area contributed by atoms with E-state index in [9.17, 15) is 9.18 Å². The number of halogens is 1. The van der Waals surface area contributed by atoms with Crippen molar-refractivity contribution in [1.82, 2.24) is 0 Å². The van der Waals surface area contributed by atoms with Crippen LogP contribution in [-0.4, -0.2) is 32.4 Å². The van der Waals surface area contributed by atoms with E-state index in [1.54, 1.807) is 0 Å². The van der Waals surface area contributed by atoms with Crippen LogP contribution < -0.4 is 14.2 Å². The molecule has 0 aliphatic carbocycles. The molecule has 0 aromatic heterocycles. The van der Waals surface area contributed by atoms with E-state index in [4.69, 9.17) is 19.3 Å². The van der Waals surface area contributed by atoms with Crippen molar-refractivity contribution in [3.63, 3.8) is 0 Å². The first-order valence-corrected chi connectivity index (χ1v) is 5.19. The van der Waals surface area contributed by atoms with Gasteiger partial charge in [0.15, 0.2) is 23.1 Å². The molecule has 0 saturated heterocycles. The lowest BCUT2D eigenvalue weighted by molar-refractivity contribution is -0.138. The molecule has 1 N–H and O–H groups in total. The van der Waals surface area contributed by atoms with Crippen molar-refractivity contribution in [2.75, 3.05) is 21.3 Å². The van der Waals surface area contributed by atoms with E-state index in [0.717, 1.165) is 0 Å². The van der Waals surface area contributed by atoms with Crippen molar-refractivity contribution < 1.29 is 28.5 Å². The Balaban J connectivity index is 3.57. The first kappa shape index (κ1) is 14.1. The Hall–Kier alpha value is -1.98. The monoisotopic (exact) mass is 258 g/mol. The molecule has 18 heavy (non-hydrogen) atoms. The minimum Gasteiger partial charge on any atom is -0.494 e. The van der Waals surface area contributed by atoms with Crippen LogP contribution in [0, 0.1) is 5.82 Å². The summed E-state index contributed by atoms with van der Waals surface area (Å²) in [6.07, 6.45) is 0. The maximum Gasteiger partial charge on any atom is 0.310 e. The zero-order valence-electron chi connectivity index (χ0n) is 10.6. The number of rotatable bonds is 5. The lowest BCUT2D eigenvalue weighted by Gasteiger charge is -2.18. The van der Waals surface area contributed by atoms with Crippen molar-refractivity contribution in [3.8, 4) is 17.2 Å². The first-order chi connectivity index (χ1) is 8.47. The minimum absolute atomic E-state index is 0.0608. The number of carboxylic acid groups (broad SMARTS) is 1. The van der Waals surface area contributed by atoms with Crippen molar-refractivity contribution in [2.24, 2.45) is 0 Å². The Morgan fingerprint density at radius 2 is 1.78 bits per heavy atom. The molecule has 0 bridgehead atoms. The van der Waals surface area contributed by atoms with E-state index >= 15 is 0 Å². The highest BCUT2D eigenvalue weighted by molar-refractivity contribution is 5.78. The van der Waals surface area contributed by atoms with Crippen molar-refractivity contribution in [1.29, 1.82) is 0 Å². The fourth-order valence-electron chi connectivity index (χ4n) is 1.63. The molecule has 0 saturated carbocycles. The summed E-state index contributed by atoms with van der Waals surface area (Å²) in [5.74, 6) is -2.81. The number of methoxy groups -OCH3 is 3. The molecule has 0 fully saturated rings. The van der Waals surface area contributed by atoms with Crippen LogP contribution in [0.2, 0.25) is 0 Å². The summed E-state index contributed by atoms with van der Waals surface area (Å²) in [5.41, 5.74) is -0.0961. The summed E-state index contributed by atoms with van der Waals surface area (Å²) in [6.45, 7) is 1.36. The summed E-state index contributed by atoms with van der Waals surface area (Å²) < 4.78 is 29.1. The van der Waals surface area contributed by atoms with Crippen LogP contribution in [0.15, 0.2) is 6.07 Å². The third-order valence-electron chi connectivity index (χ3n) is 2.63. The first-order valence-electron chi connectivity index (χ1n) is 5.19. The molecule has 6 heteroatoms. The van der Waals surface area contributed by atoms with Crippen molar-refractivity contribution in [2.45, 2.75) is 12.8 Å². The zero-order valence-corrected chi connectivity index (χ0v) is 10.6. The summed E-state index contributed by atoms with van der Waals surface area (Å²) >= 11 is 0. The lowest BCUT2D eigenvalue weighted by atomic mass is 9.98. The molecule has 0 aliphatic rings. The van der Waals surface area contributed by atoms with E-state index in [1.807, 2.05) is 0 Å². The normalized spacial score (nSPS) is 11.8. The predicted molar refractivity (Wildman–Crippen MR) is 62.1 cm³/mol. The van der Waals surface area contributed by atoms with Gasteiger partial charge in [-0.05, 0) is 6.92 Å². The Labute approximate surface area is 104 Å². The van der Waals surface area contributed by atoms with Gasteiger partial charge in [0.25, 0.3) is 0 Å². The molecular formula is C12H15FO5. The number of ether oxygens (including phenoxy) is 3. The van der Waals surface area contributed by atoms with Crippen LogP contribution in [0.5, 0.6) is 17.2 Å². The molecule has 1 aromatic carbocycles. The molecule has 0 amide bonds. The van der Waals surface area contributed by atoms with Gasteiger partial charge in [-0.25, -0.2) is 4.39 Å². The molecule has 100 valence electrons. The van der Waals surface area contributed by atoms with E-state index in [1.165, 1.54) is 34.3 Å². The molecular weight excluding hydrogens is 243 g/mol. The molecule has 0 aliphatic heterocycles. The number of hydrogen-bond donors (Lipinski definition) is 1. The van der Waals surface area contributed by atoms with E-state index in [0.29, 0.717) is 0 Å². The van der Waals surface area contributed by atoms with Gasteiger partial charge in [-0.1, -0.05) is 0 Å². The standard InChI is InChI=1S/C12H15FO5/c1-6(12(14)15)9-10(13)7(16-2)5-8(17-3)11(9)18-4/h5-6H,1-4H3,(H,14,15). The van der Waals surface area contributed by atoms with Crippen LogP contribution >= 0.6 is 0 Å². The summed E-state index contributed by atoms with van der Waals surface area (Å²) in [6, 6.07) is 1.31. The summed E-state index contributed by atoms with van der Waals surface area (Å²) in [5, 5.41) is 9.00. The van der Waals surface area contributed by atoms with E-state index in [-0.39, 0.29) is 22.8 Å². The molecule has 0 spiro atoms. The van der Waals surface area contributed by atoms with Crippen LogP contribution in [0.25, 0.3) is 0 Å². The van der Waals surface area contributed by atoms with Crippen LogP contribution in [-0.2, 0) is 4.79 Å². The topological polar surface area (TPSA) is 65.0 Å².